The maximum atomic E-state index is 12.4. The fourth-order valence-corrected chi connectivity index (χ4v) is 3.58. The number of nitrogens with zero attached hydrogens (tertiary/aromatic N) is 1. The molecule has 94 valence electrons. The molecule has 1 heterocycles. The van der Waals surface area contributed by atoms with Gasteiger partial charge >= 0.3 is 0 Å². The van der Waals surface area contributed by atoms with E-state index in [9.17, 15) is 8.42 Å². The van der Waals surface area contributed by atoms with E-state index in [0.29, 0.717) is 4.90 Å². The van der Waals surface area contributed by atoms with E-state index in [1.807, 2.05) is 13.0 Å². The van der Waals surface area contributed by atoms with Crippen molar-refractivity contribution in [1.82, 2.24) is 9.62 Å². The predicted octanol–water partition coefficient (Wildman–Crippen LogP) is 0.977. The van der Waals surface area contributed by atoms with Crippen LogP contribution in [0.4, 0.5) is 0 Å². The summed E-state index contributed by atoms with van der Waals surface area (Å²) in [6.45, 7) is 3.52. The lowest BCUT2D eigenvalue weighted by molar-refractivity contribution is 0.387. The van der Waals surface area contributed by atoms with Crippen LogP contribution in [0.1, 0.15) is 12.0 Å². The topological polar surface area (TPSA) is 49.4 Å². The van der Waals surface area contributed by atoms with Crippen molar-refractivity contribution in [3.63, 3.8) is 0 Å². The van der Waals surface area contributed by atoms with Gasteiger partial charge in [-0.25, -0.2) is 8.42 Å². The maximum absolute atomic E-state index is 12.4. The predicted molar refractivity (Wildman–Crippen MR) is 67.4 cm³/mol. The van der Waals surface area contributed by atoms with Crippen LogP contribution in [0.2, 0.25) is 0 Å². The molecule has 1 unspecified atom stereocenters. The molecule has 4 nitrogen and oxygen atoms in total. The van der Waals surface area contributed by atoms with E-state index in [-0.39, 0.29) is 6.04 Å². The number of benzene rings is 1. The van der Waals surface area contributed by atoms with Gasteiger partial charge in [0.25, 0.3) is 0 Å². The Labute approximate surface area is 103 Å². The van der Waals surface area contributed by atoms with Gasteiger partial charge < -0.3 is 5.32 Å². The number of sulfonamides is 1. The standard InChI is InChI=1S/C12H18N2O2S/c1-10-4-3-5-12(8-10)17(15,16)14(2)11-6-7-13-9-11/h3-5,8,11,13H,6-7,9H2,1-2H3. The Kier molecular flexibility index (Phi) is 3.51. The van der Waals surface area contributed by atoms with Crippen molar-refractivity contribution in [2.24, 2.45) is 0 Å². The molecular weight excluding hydrogens is 236 g/mol. The molecule has 1 fully saturated rings. The summed E-state index contributed by atoms with van der Waals surface area (Å²) in [5, 5.41) is 3.18. The number of rotatable bonds is 3. The fourth-order valence-electron chi connectivity index (χ4n) is 2.09. The van der Waals surface area contributed by atoms with Gasteiger partial charge in [-0.15, -0.1) is 0 Å². The molecule has 17 heavy (non-hydrogen) atoms. The minimum absolute atomic E-state index is 0.0699. The van der Waals surface area contributed by atoms with E-state index < -0.39 is 10.0 Å². The van der Waals surface area contributed by atoms with Crippen LogP contribution in [-0.4, -0.2) is 38.9 Å². The molecule has 0 spiro atoms. The van der Waals surface area contributed by atoms with Gasteiger partial charge in [-0.1, -0.05) is 12.1 Å². The minimum Gasteiger partial charge on any atom is -0.315 e. The summed E-state index contributed by atoms with van der Waals surface area (Å²) >= 11 is 0. The van der Waals surface area contributed by atoms with Crippen molar-refractivity contribution >= 4 is 10.0 Å². The summed E-state index contributed by atoms with van der Waals surface area (Å²) in [6.07, 6.45) is 0.877. The monoisotopic (exact) mass is 254 g/mol. The highest BCUT2D eigenvalue weighted by Crippen LogP contribution is 2.19. The maximum Gasteiger partial charge on any atom is 0.243 e. The Balaban J connectivity index is 2.29. The number of likely N-dealkylation sites (N-methyl/N-ethyl adjacent to an activating group) is 1. The Morgan fingerprint density at radius 1 is 1.41 bits per heavy atom. The van der Waals surface area contributed by atoms with Crippen molar-refractivity contribution in [2.45, 2.75) is 24.3 Å². The van der Waals surface area contributed by atoms with E-state index in [0.717, 1.165) is 25.1 Å². The Hall–Kier alpha value is -0.910. The molecule has 0 aromatic heterocycles. The zero-order chi connectivity index (χ0) is 12.5. The van der Waals surface area contributed by atoms with Crippen molar-refractivity contribution in [3.8, 4) is 0 Å². The summed E-state index contributed by atoms with van der Waals surface area (Å²) in [6, 6.07) is 7.12. The lowest BCUT2D eigenvalue weighted by Gasteiger charge is -2.23. The third-order valence-corrected chi connectivity index (χ3v) is 5.12. The van der Waals surface area contributed by atoms with Crippen LogP contribution in [0, 0.1) is 6.92 Å². The van der Waals surface area contributed by atoms with Gasteiger partial charge in [0.15, 0.2) is 0 Å². The molecule has 0 amide bonds. The van der Waals surface area contributed by atoms with Crippen LogP contribution in [0.5, 0.6) is 0 Å². The van der Waals surface area contributed by atoms with Crippen molar-refractivity contribution in [2.75, 3.05) is 20.1 Å². The lowest BCUT2D eigenvalue weighted by Crippen LogP contribution is -2.38. The summed E-state index contributed by atoms with van der Waals surface area (Å²) in [4.78, 5) is 0.381. The molecule has 2 rings (SSSR count). The molecule has 1 aromatic carbocycles. The lowest BCUT2D eigenvalue weighted by atomic mass is 10.2. The van der Waals surface area contributed by atoms with Gasteiger partial charge in [-0.2, -0.15) is 4.31 Å². The molecule has 0 aliphatic carbocycles. The molecule has 1 aromatic rings. The van der Waals surface area contributed by atoms with E-state index in [1.54, 1.807) is 25.2 Å². The number of hydrogen-bond donors (Lipinski definition) is 1. The minimum atomic E-state index is -3.35. The largest absolute Gasteiger partial charge is 0.315 e. The normalized spacial score (nSPS) is 21.0. The van der Waals surface area contributed by atoms with Gasteiger partial charge in [-0.05, 0) is 37.6 Å². The third-order valence-electron chi connectivity index (χ3n) is 3.22. The molecule has 1 N–H and O–H groups in total. The second-order valence-electron chi connectivity index (χ2n) is 4.48. The van der Waals surface area contributed by atoms with Crippen LogP contribution in [-0.2, 0) is 10.0 Å². The molecule has 1 atom stereocenters. The van der Waals surface area contributed by atoms with E-state index in [4.69, 9.17) is 0 Å². The first kappa shape index (κ1) is 12.5. The number of nitrogens with one attached hydrogen (secondary N) is 1. The average molecular weight is 254 g/mol. The van der Waals surface area contributed by atoms with Gasteiger partial charge in [-0.3, -0.25) is 0 Å². The highest BCUT2D eigenvalue weighted by molar-refractivity contribution is 7.89. The quantitative estimate of drug-likeness (QED) is 0.874. The molecule has 1 saturated heterocycles. The molecular formula is C12H18N2O2S. The molecule has 1 aliphatic heterocycles. The van der Waals surface area contributed by atoms with Gasteiger partial charge in [0.2, 0.25) is 10.0 Å². The van der Waals surface area contributed by atoms with Crippen LogP contribution >= 0.6 is 0 Å². The summed E-state index contributed by atoms with van der Waals surface area (Å²) in [5.74, 6) is 0. The number of hydrogen-bond acceptors (Lipinski definition) is 3. The highest BCUT2D eigenvalue weighted by Gasteiger charge is 2.29. The van der Waals surface area contributed by atoms with Gasteiger partial charge in [0, 0.05) is 19.6 Å². The number of aryl methyl sites for hydroxylation is 1. The first-order valence-electron chi connectivity index (χ1n) is 5.77. The van der Waals surface area contributed by atoms with Crippen LogP contribution in [0.25, 0.3) is 0 Å². The van der Waals surface area contributed by atoms with Crippen molar-refractivity contribution < 1.29 is 8.42 Å². The Morgan fingerprint density at radius 2 is 2.18 bits per heavy atom. The average Bonchev–Trinajstić information content (AvgIpc) is 2.81. The van der Waals surface area contributed by atoms with Crippen LogP contribution in [0.15, 0.2) is 29.2 Å². The Morgan fingerprint density at radius 3 is 2.76 bits per heavy atom. The van der Waals surface area contributed by atoms with E-state index in [1.165, 1.54) is 4.31 Å². The summed E-state index contributed by atoms with van der Waals surface area (Å²) in [5.41, 5.74) is 0.962. The van der Waals surface area contributed by atoms with E-state index >= 15 is 0 Å². The van der Waals surface area contributed by atoms with Crippen LogP contribution < -0.4 is 5.32 Å². The van der Waals surface area contributed by atoms with Crippen LogP contribution in [0.3, 0.4) is 0 Å². The zero-order valence-electron chi connectivity index (χ0n) is 10.2. The van der Waals surface area contributed by atoms with Crippen molar-refractivity contribution in [1.29, 1.82) is 0 Å². The fraction of sp³-hybridized carbons (Fsp3) is 0.500. The molecule has 1 aliphatic rings. The smallest absolute Gasteiger partial charge is 0.243 e. The Bertz CT molecular complexity index is 493. The first-order valence-corrected chi connectivity index (χ1v) is 7.21. The van der Waals surface area contributed by atoms with Gasteiger partial charge in [0.05, 0.1) is 4.90 Å². The summed E-state index contributed by atoms with van der Waals surface area (Å²) < 4.78 is 26.2. The highest BCUT2D eigenvalue weighted by atomic mass is 32.2. The molecule has 5 heteroatoms. The second kappa shape index (κ2) is 4.76. The molecule has 0 bridgehead atoms. The molecule has 0 saturated carbocycles. The van der Waals surface area contributed by atoms with Gasteiger partial charge in [0.1, 0.15) is 0 Å². The summed E-state index contributed by atoms with van der Waals surface area (Å²) in [7, 11) is -1.69. The van der Waals surface area contributed by atoms with Crippen molar-refractivity contribution in [3.05, 3.63) is 29.8 Å². The SMILES string of the molecule is Cc1cccc(S(=O)(=O)N(C)C2CCNC2)c1. The molecule has 0 radical (unpaired) electrons. The first-order chi connectivity index (χ1) is 8.01. The third kappa shape index (κ3) is 2.51. The zero-order valence-corrected chi connectivity index (χ0v) is 11.0. The second-order valence-corrected chi connectivity index (χ2v) is 6.48. The van der Waals surface area contributed by atoms with E-state index in [2.05, 4.69) is 5.32 Å².